The number of alkyl halides is 3. The second kappa shape index (κ2) is 4.91. The number of benzene rings is 1. The Labute approximate surface area is 106 Å². The summed E-state index contributed by atoms with van der Waals surface area (Å²) in [7, 11) is 0. The highest BCUT2D eigenvalue weighted by atomic mass is 19.4. The number of hydrogen-bond donors (Lipinski definition) is 2. The van der Waals surface area contributed by atoms with E-state index in [1.54, 1.807) is 12.1 Å². The van der Waals surface area contributed by atoms with Crippen molar-refractivity contribution in [1.82, 2.24) is 4.98 Å². The fourth-order valence-electron chi connectivity index (χ4n) is 1.73. The third-order valence-corrected chi connectivity index (χ3v) is 2.59. The van der Waals surface area contributed by atoms with Crippen LogP contribution in [0.25, 0.3) is 10.9 Å². The summed E-state index contributed by atoms with van der Waals surface area (Å²) in [6, 6.07) is 4.32. The van der Waals surface area contributed by atoms with Gasteiger partial charge in [-0.05, 0) is 18.2 Å². The predicted molar refractivity (Wildman–Crippen MR) is 65.3 cm³/mol. The van der Waals surface area contributed by atoms with E-state index >= 15 is 0 Å². The summed E-state index contributed by atoms with van der Waals surface area (Å²) in [4.78, 5) is 3.95. The first-order valence-electron chi connectivity index (χ1n) is 5.52. The molecule has 19 heavy (non-hydrogen) atoms. The Morgan fingerprint density at radius 3 is 2.74 bits per heavy atom. The zero-order valence-electron chi connectivity index (χ0n) is 9.76. The van der Waals surface area contributed by atoms with Gasteiger partial charge in [-0.15, -0.1) is 0 Å². The number of aromatic nitrogens is 1. The monoisotopic (exact) mass is 273 g/mol. The van der Waals surface area contributed by atoms with E-state index in [-0.39, 0.29) is 16.9 Å². The van der Waals surface area contributed by atoms with E-state index in [4.69, 9.17) is 5.73 Å². The van der Waals surface area contributed by atoms with Gasteiger partial charge < -0.3 is 11.1 Å². The summed E-state index contributed by atoms with van der Waals surface area (Å²) in [5, 5.41) is 2.93. The highest BCUT2D eigenvalue weighted by Gasteiger charge is 2.26. The van der Waals surface area contributed by atoms with Gasteiger partial charge in [0, 0.05) is 23.8 Å². The first-order valence-corrected chi connectivity index (χ1v) is 5.52. The van der Waals surface area contributed by atoms with Crippen molar-refractivity contribution in [2.75, 3.05) is 17.6 Å². The first-order chi connectivity index (χ1) is 8.88. The van der Waals surface area contributed by atoms with Gasteiger partial charge in [0.2, 0.25) is 0 Å². The Hall–Kier alpha value is -2.05. The van der Waals surface area contributed by atoms with Crippen molar-refractivity contribution in [3.63, 3.8) is 0 Å². The van der Waals surface area contributed by atoms with E-state index in [2.05, 4.69) is 10.3 Å². The molecule has 0 spiro atoms. The van der Waals surface area contributed by atoms with Crippen molar-refractivity contribution >= 4 is 22.3 Å². The molecule has 0 bridgehead atoms. The minimum atomic E-state index is -4.29. The van der Waals surface area contributed by atoms with Crippen LogP contribution in [0.3, 0.4) is 0 Å². The molecule has 0 fully saturated rings. The summed E-state index contributed by atoms with van der Waals surface area (Å²) < 4.78 is 49.9. The van der Waals surface area contributed by atoms with Gasteiger partial charge in [-0.1, -0.05) is 0 Å². The van der Waals surface area contributed by atoms with Crippen LogP contribution in [0.1, 0.15) is 6.42 Å². The number of anilines is 2. The maximum Gasteiger partial charge on any atom is 0.390 e. The molecule has 0 saturated heterocycles. The van der Waals surface area contributed by atoms with Gasteiger partial charge in [0.25, 0.3) is 0 Å². The smallest absolute Gasteiger partial charge is 0.390 e. The normalized spacial score (nSPS) is 11.8. The Balaban J connectivity index is 2.32. The molecular weight excluding hydrogens is 262 g/mol. The third kappa shape index (κ3) is 3.04. The van der Waals surface area contributed by atoms with E-state index in [0.717, 1.165) is 6.07 Å². The maximum absolute atomic E-state index is 13.7. The van der Waals surface area contributed by atoms with E-state index < -0.39 is 25.0 Å². The van der Waals surface area contributed by atoms with Crippen molar-refractivity contribution in [2.24, 2.45) is 0 Å². The molecule has 0 saturated carbocycles. The van der Waals surface area contributed by atoms with E-state index in [9.17, 15) is 17.6 Å². The molecule has 0 radical (unpaired) electrons. The van der Waals surface area contributed by atoms with Crippen LogP contribution in [0.5, 0.6) is 0 Å². The number of rotatable bonds is 3. The molecule has 3 N–H and O–H groups in total. The molecule has 0 aliphatic carbocycles. The highest BCUT2D eigenvalue weighted by molar-refractivity contribution is 5.98. The van der Waals surface area contributed by atoms with Crippen LogP contribution in [0.2, 0.25) is 0 Å². The van der Waals surface area contributed by atoms with Crippen molar-refractivity contribution in [1.29, 1.82) is 0 Å². The highest BCUT2D eigenvalue weighted by Crippen LogP contribution is 2.30. The lowest BCUT2D eigenvalue weighted by molar-refractivity contribution is -0.131. The van der Waals surface area contributed by atoms with Crippen LogP contribution in [-0.2, 0) is 0 Å². The largest absolute Gasteiger partial charge is 0.398 e. The van der Waals surface area contributed by atoms with Crippen molar-refractivity contribution in [3.05, 3.63) is 30.2 Å². The Morgan fingerprint density at radius 2 is 2.05 bits per heavy atom. The molecule has 1 heterocycles. The van der Waals surface area contributed by atoms with Crippen LogP contribution in [-0.4, -0.2) is 17.7 Å². The summed E-state index contributed by atoms with van der Waals surface area (Å²) >= 11 is 0. The quantitative estimate of drug-likeness (QED) is 0.666. The summed E-state index contributed by atoms with van der Waals surface area (Å²) in [6.45, 7) is -0.421. The summed E-state index contributed by atoms with van der Waals surface area (Å²) in [5.74, 6) is -0.717. The molecular formula is C12H11F4N3. The van der Waals surface area contributed by atoms with Gasteiger partial charge >= 0.3 is 6.18 Å². The fourth-order valence-corrected chi connectivity index (χ4v) is 1.73. The van der Waals surface area contributed by atoms with E-state index in [1.807, 2.05) is 0 Å². The van der Waals surface area contributed by atoms with Crippen LogP contribution in [0.4, 0.5) is 28.9 Å². The third-order valence-electron chi connectivity index (χ3n) is 2.59. The number of hydrogen-bond acceptors (Lipinski definition) is 3. The van der Waals surface area contributed by atoms with Crippen molar-refractivity contribution < 1.29 is 17.6 Å². The van der Waals surface area contributed by atoms with Gasteiger partial charge in [0.1, 0.15) is 0 Å². The lowest BCUT2D eigenvalue weighted by Crippen LogP contribution is -2.15. The number of nitrogens with two attached hydrogens (primary N) is 1. The average molecular weight is 273 g/mol. The maximum atomic E-state index is 13.7. The van der Waals surface area contributed by atoms with Crippen LogP contribution in [0.15, 0.2) is 24.4 Å². The Morgan fingerprint density at radius 1 is 1.32 bits per heavy atom. The van der Waals surface area contributed by atoms with E-state index in [1.165, 1.54) is 6.20 Å². The molecule has 2 aromatic rings. The Kier molecular flexibility index (Phi) is 3.46. The molecule has 2 rings (SSSR count). The minimum absolute atomic E-state index is 0.0611. The second-order valence-electron chi connectivity index (χ2n) is 4.01. The van der Waals surface area contributed by atoms with Gasteiger partial charge in [-0.25, -0.2) is 4.39 Å². The zero-order chi connectivity index (χ0) is 14.0. The zero-order valence-corrected chi connectivity index (χ0v) is 9.76. The molecule has 1 aromatic heterocycles. The SMILES string of the molecule is Nc1cc(F)c(NCCC(F)(F)F)c2ncccc12. The van der Waals surface area contributed by atoms with Crippen LogP contribution >= 0.6 is 0 Å². The number of nitrogen functional groups attached to an aromatic ring is 1. The Bertz CT molecular complexity index is 595. The lowest BCUT2D eigenvalue weighted by Gasteiger charge is -2.12. The van der Waals surface area contributed by atoms with Crippen LogP contribution in [0, 0.1) is 5.82 Å². The molecule has 3 nitrogen and oxygen atoms in total. The van der Waals surface area contributed by atoms with Gasteiger partial charge in [-0.3, -0.25) is 4.98 Å². The predicted octanol–water partition coefficient (Wildman–Crippen LogP) is 3.32. The van der Waals surface area contributed by atoms with Crippen molar-refractivity contribution in [2.45, 2.75) is 12.6 Å². The van der Waals surface area contributed by atoms with Gasteiger partial charge in [0.05, 0.1) is 17.6 Å². The average Bonchev–Trinajstić information content (AvgIpc) is 2.32. The van der Waals surface area contributed by atoms with Gasteiger partial charge in [-0.2, -0.15) is 13.2 Å². The standard InChI is InChI=1S/C12H11F4N3/c13-8-6-9(17)7-2-1-4-18-10(7)11(8)19-5-3-12(14,15)16/h1-2,4,6,19H,3,5,17H2. The molecule has 102 valence electrons. The lowest BCUT2D eigenvalue weighted by atomic mass is 10.1. The van der Waals surface area contributed by atoms with Crippen molar-refractivity contribution in [3.8, 4) is 0 Å². The number of pyridine rings is 1. The molecule has 0 aliphatic heterocycles. The molecule has 1 aromatic carbocycles. The number of halogens is 4. The molecule has 0 amide bonds. The first kappa shape index (κ1) is 13.4. The van der Waals surface area contributed by atoms with Gasteiger partial charge in [0.15, 0.2) is 5.82 Å². The molecule has 0 aliphatic rings. The second-order valence-corrected chi connectivity index (χ2v) is 4.01. The summed E-state index contributed by atoms with van der Waals surface area (Å²) in [6.07, 6.45) is -3.91. The number of nitrogens with zero attached hydrogens (tertiary/aromatic N) is 1. The fraction of sp³-hybridized carbons (Fsp3) is 0.250. The molecule has 7 heteroatoms. The van der Waals surface area contributed by atoms with Crippen LogP contribution < -0.4 is 11.1 Å². The molecule has 0 atom stereocenters. The topological polar surface area (TPSA) is 50.9 Å². The summed E-state index contributed by atoms with van der Waals surface area (Å²) in [5.41, 5.74) is 6.00. The number of fused-ring (bicyclic) bond motifs is 1. The molecule has 0 unspecified atom stereocenters. The number of nitrogens with one attached hydrogen (secondary N) is 1. The van der Waals surface area contributed by atoms with E-state index in [0.29, 0.717) is 5.39 Å². The minimum Gasteiger partial charge on any atom is -0.398 e.